The highest BCUT2D eigenvalue weighted by Crippen LogP contribution is 2.40. The lowest BCUT2D eigenvalue weighted by atomic mass is 10.0. The van der Waals surface area contributed by atoms with Gasteiger partial charge in [-0.15, -0.1) is 0 Å². The molecule has 2 aromatic heterocycles. The summed E-state index contributed by atoms with van der Waals surface area (Å²) in [7, 11) is 6.94. The second-order valence-corrected chi connectivity index (χ2v) is 16.0. The van der Waals surface area contributed by atoms with E-state index in [1.165, 1.54) is 19.5 Å². The molecule has 0 spiro atoms. The zero-order valence-electron chi connectivity index (χ0n) is 36.2. The molecule has 0 atom stereocenters. The monoisotopic (exact) mass is 892 g/mol. The first-order chi connectivity index (χ1) is 31.1. The number of halogens is 1. The molecule has 0 amide bonds. The van der Waals surface area contributed by atoms with Crippen LogP contribution in [0.25, 0.3) is 64.0 Å². The summed E-state index contributed by atoms with van der Waals surface area (Å²) in [6.45, 7) is 0. The summed E-state index contributed by atoms with van der Waals surface area (Å²) in [6, 6.07) is 58.0. The lowest BCUT2D eigenvalue weighted by Crippen LogP contribution is -2.39. The summed E-state index contributed by atoms with van der Waals surface area (Å²) in [5, 5.41) is 16.6. The summed E-state index contributed by atoms with van der Waals surface area (Å²) < 4.78 is 41.8. The second kappa shape index (κ2) is 23.0. The fraction of sp³-hybridized carbons (Fsp3) is 0.115. The average Bonchev–Trinajstić information content (AvgIpc) is 3.36. The molecule has 2 heterocycles. The maximum atomic E-state index is 9.89. The van der Waals surface area contributed by atoms with Gasteiger partial charge in [0.05, 0.1) is 63.5 Å². The SMILES string of the molecule is COc1ccc(-c2cc(-c3ccc(OC)cc3)s[c+](-c3ccc(OC)cc3)c2)cc1.COc1ccc(-c2cc(-c3ccc(OC)cc3)s[c+](-c3ccc(OC)cc3)c2)cc1.[O-]B([O-])F. The van der Waals surface area contributed by atoms with Gasteiger partial charge in [0.2, 0.25) is 0 Å². The molecule has 0 saturated heterocycles. The Kier molecular flexibility index (Phi) is 16.8. The van der Waals surface area contributed by atoms with Crippen molar-refractivity contribution in [1.82, 2.24) is 0 Å². The molecule has 0 aliphatic heterocycles. The minimum Gasteiger partial charge on any atom is -0.867 e. The van der Waals surface area contributed by atoms with Crippen LogP contribution in [0.1, 0.15) is 0 Å². The Morgan fingerprint density at radius 1 is 0.359 bits per heavy atom. The Hall–Kier alpha value is -6.83. The van der Waals surface area contributed by atoms with Crippen molar-refractivity contribution in [2.24, 2.45) is 0 Å². The molecule has 6 aromatic carbocycles. The minimum absolute atomic E-state index is 0.850. The largest absolute Gasteiger partial charge is 0.867 e. The van der Waals surface area contributed by atoms with Crippen LogP contribution >= 0.6 is 22.7 Å². The maximum Gasteiger partial charge on any atom is 0.134 e. The van der Waals surface area contributed by atoms with E-state index in [1.807, 2.05) is 72.8 Å². The van der Waals surface area contributed by atoms with Crippen LogP contribution in [0.4, 0.5) is 4.32 Å². The van der Waals surface area contributed by atoms with Crippen molar-refractivity contribution in [3.63, 3.8) is 0 Å². The quantitative estimate of drug-likeness (QED) is 0.0883. The van der Waals surface area contributed by atoms with Crippen molar-refractivity contribution in [2.45, 2.75) is 0 Å². The predicted octanol–water partition coefficient (Wildman–Crippen LogP) is 11.8. The number of benzene rings is 6. The smallest absolute Gasteiger partial charge is 0.134 e. The first-order valence-corrected chi connectivity index (χ1v) is 21.6. The molecule has 0 radical (unpaired) electrons. The molecule has 12 heteroatoms. The molecule has 64 heavy (non-hydrogen) atoms. The van der Waals surface area contributed by atoms with Crippen LogP contribution in [0.2, 0.25) is 0 Å². The molecule has 8 aromatic rings. The number of methoxy groups -OCH3 is 6. The molecule has 0 saturated carbocycles. The molecular weight excluding hydrogens is 847 g/mol. The zero-order chi connectivity index (χ0) is 45.4. The van der Waals surface area contributed by atoms with Crippen molar-refractivity contribution >= 4 is 30.1 Å². The Balaban J connectivity index is 0.000000196. The standard InChI is InChI=1S/2C26H23O3S.BFO2/c2*1-27-22-10-4-18(5-11-22)21-16-25(19-6-12-23(28-2)13-7-19)30-26(17-21)20-8-14-24(29-3)15-9-20;2-1(3)4/h2*4-17H,1-3H3;/q2*+1;-2. The van der Waals surface area contributed by atoms with E-state index in [-0.39, 0.29) is 0 Å². The van der Waals surface area contributed by atoms with E-state index in [0.717, 1.165) is 79.0 Å². The molecule has 0 N–H and O–H groups in total. The van der Waals surface area contributed by atoms with Crippen molar-refractivity contribution in [3.05, 3.63) is 170 Å². The van der Waals surface area contributed by atoms with Gasteiger partial charge < -0.3 is 42.8 Å². The number of hydrogen-bond donors (Lipinski definition) is 0. The van der Waals surface area contributed by atoms with E-state index in [2.05, 4.69) is 97.1 Å². The van der Waals surface area contributed by atoms with Gasteiger partial charge in [-0.05, 0) is 97.1 Å². The summed E-state index contributed by atoms with van der Waals surface area (Å²) in [4.78, 5) is 4.77. The first kappa shape index (κ1) is 46.7. The van der Waals surface area contributed by atoms with E-state index >= 15 is 0 Å². The first-order valence-electron chi connectivity index (χ1n) is 19.9. The topological polar surface area (TPSA) is 102 Å². The summed E-state index contributed by atoms with van der Waals surface area (Å²) >= 11 is 3.53. The van der Waals surface area contributed by atoms with E-state index in [1.54, 1.807) is 65.3 Å². The lowest BCUT2D eigenvalue weighted by Gasteiger charge is -2.09. The van der Waals surface area contributed by atoms with Gasteiger partial charge in [0.15, 0.2) is 0 Å². The second-order valence-electron chi connectivity index (χ2n) is 13.8. The summed E-state index contributed by atoms with van der Waals surface area (Å²) in [6.07, 6.45) is 0. The lowest BCUT2D eigenvalue weighted by molar-refractivity contribution is -0.366. The van der Waals surface area contributed by atoms with Gasteiger partial charge in [-0.1, -0.05) is 22.7 Å². The van der Waals surface area contributed by atoms with Crippen LogP contribution in [0.3, 0.4) is 0 Å². The van der Waals surface area contributed by atoms with E-state index in [4.69, 9.17) is 38.5 Å². The molecule has 0 bridgehead atoms. The highest BCUT2D eigenvalue weighted by atomic mass is 32.1. The van der Waals surface area contributed by atoms with Gasteiger partial charge in [-0.25, -0.2) is 0 Å². The third kappa shape index (κ3) is 12.6. The summed E-state index contributed by atoms with van der Waals surface area (Å²) in [5.74, 6) is 5.11. The molecule has 8 rings (SSSR count). The Morgan fingerprint density at radius 2 is 0.578 bits per heavy atom. The number of rotatable bonds is 12. The van der Waals surface area contributed by atoms with Gasteiger partial charge in [-0.3, -0.25) is 0 Å². The Labute approximate surface area is 382 Å². The fourth-order valence-electron chi connectivity index (χ4n) is 6.49. The molecule has 0 aliphatic carbocycles. The van der Waals surface area contributed by atoms with Gasteiger partial charge in [-0.2, -0.15) is 0 Å². The van der Waals surface area contributed by atoms with Crippen LogP contribution < -0.4 is 38.5 Å². The van der Waals surface area contributed by atoms with Crippen molar-refractivity contribution in [3.8, 4) is 98.5 Å². The molecule has 8 nitrogen and oxygen atoms in total. The van der Waals surface area contributed by atoms with Crippen molar-refractivity contribution in [2.75, 3.05) is 42.7 Å². The Bertz CT molecular complexity index is 2180. The van der Waals surface area contributed by atoms with Crippen molar-refractivity contribution < 1.29 is 42.8 Å². The zero-order valence-corrected chi connectivity index (χ0v) is 37.8. The van der Waals surface area contributed by atoms with Gasteiger partial charge in [0.1, 0.15) is 51.6 Å². The number of hydrogen-bond acceptors (Lipinski definition) is 10. The fourth-order valence-corrected chi connectivity index (χ4v) is 8.73. The van der Waals surface area contributed by atoms with E-state index < -0.39 is 7.40 Å². The molecule has 0 fully saturated rings. The average molecular weight is 893 g/mol. The third-order valence-corrected chi connectivity index (χ3v) is 12.2. The molecular formula is C52H46BFO8S2. The highest BCUT2D eigenvalue weighted by Gasteiger charge is 2.17. The summed E-state index contributed by atoms with van der Waals surface area (Å²) in [5.41, 5.74) is 9.25. The molecule has 324 valence electrons. The maximum absolute atomic E-state index is 9.89. The Morgan fingerprint density at radius 3 is 0.812 bits per heavy atom. The van der Waals surface area contributed by atoms with E-state index in [0.29, 0.717) is 0 Å². The van der Waals surface area contributed by atoms with Crippen molar-refractivity contribution in [1.29, 1.82) is 0 Å². The van der Waals surface area contributed by atoms with Gasteiger partial charge in [0.25, 0.3) is 0 Å². The molecule has 0 aliphatic rings. The normalized spacial score (nSPS) is 10.3. The minimum atomic E-state index is -3.17. The number of ether oxygens (including phenoxy) is 6. The predicted molar refractivity (Wildman–Crippen MR) is 256 cm³/mol. The van der Waals surface area contributed by atoms with Crippen LogP contribution in [0.5, 0.6) is 34.5 Å². The molecule has 0 unspecified atom stereocenters. The van der Waals surface area contributed by atoms with Crippen LogP contribution in [-0.4, -0.2) is 50.1 Å². The van der Waals surface area contributed by atoms with Crippen LogP contribution in [0.15, 0.2) is 170 Å². The van der Waals surface area contributed by atoms with Gasteiger partial charge in [0, 0.05) is 106 Å². The van der Waals surface area contributed by atoms with E-state index in [9.17, 15) is 4.32 Å². The highest BCUT2D eigenvalue weighted by molar-refractivity contribution is 7.18. The van der Waals surface area contributed by atoms with Crippen LogP contribution in [-0.2, 0) is 0 Å². The third-order valence-electron chi connectivity index (χ3n) is 9.93. The van der Waals surface area contributed by atoms with Gasteiger partial charge >= 0.3 is 0 Å². The van der Waals surface area contributed by atoms with Crippen LogP contribution in [0, 0.1) is 0 Å².